The summed E-state index contributed by atoms with van der Waals surface area (Å²) >= 11 is 6.81. The van der Waals surface area contributed by atoms with Gasteiger partial charge >= 0.3 is 5.97 Å². The number of halogens is 2. The van der Waals surface area contributed by atoms with E-state index in [2.05, 4.69) is 41.6 Å². The molecule has 0 bridgehead atoms. The second kappa shape index (κ2) is 3.98. The summed E-state index contributed by atoms with van der Waals surface area (Å²) in [6, 6.07) is 5.61. The van der Waals surface area contributed by atoms with E-state index in [0.29, 0.717) is 5.69 Å². The Hall–Kier alpha value is -0.810. The van der Waals surface area contributed by atoms with Crippen LogP contribution in [0.5, 0.6) is 0 Å². The molecule has 3 nitrogen and oxygen atoms in total. The van der Waals surface area contributed by atoms with Gasteiger partial charge in [-0.2, -0.15) is 0 Å². The van der Waals surface area contributed by atoms with Gasteiger partial charge in [-0.1, -0.05) is 15.9 Å². The number of esters is 1. The van der Waals surface area contributed by atoms with E-state index in [-0.39, 0.29) is 5.97 Å². The summed E-state index contributed by atoms with van der Waals surface area (Å²) in [5.74, 6) is -0.366. The van der Waals surface area contributed by atoms with Crippen LogP contribution in [0.15, 0.2) is 27.1 Å². The number of aromatic amines is 1. The number of carbonyl (C=O) groups is 1. The molecule has 0 spiro atoms. The highest BCUT2D eigenvalue weighted by Gasteiger charge is 2.11. The Morgan fingerprint density at radius 3 is 2.73 bits per heavy atom. The van der Waals surface area contributed by atoms with Crippen molar-refractivity contribution in [2.24, 2.45) is 0 Å². The minimum Gasteiger partial charge on any atom is -0.464 e. The molecule has 0 atom stereocenters. The molecule has 0 fully saturated rings. The van der Waals surface area contributed by atoms with Crippen LogP contribution < -0.4 is 0 Å². The van der Waals surface area contributed by atoms with E-state index in [4.69, 9.17) is 0 Å². The fraction of sp³-hybridized carbons (Fsp3) is 0.100. The number of fused-ring (bicyclic) bond motifs is 1. The number of hydrogen-bond donors (Lipinski definition) is 1. The largest absolute Gasteiger partial charge is 0.464 e. The fourth-order valence-electron chi connectivity index (χ4n) is 1.39. The first-order valence-electron chi connectivity index (χ1n) is 4.18. The summed E-state index contributed by atoms with van der Waals surface area (Å²) in [6.07, 6.45) is 0. The predicted molar refractivity (Wildman–Crippen MR) is 65.0 cm³/mol. The lowest BCUT2D eigenvalue weighted by Crippen LogP contribution is -2.00. The molecule has 2 aromatic rings. The SMILES string of the molecule is COC(=O)c1cc2cc(Br)cc(Br)c2[nH]1. The van der Waals surface area contributed by atoms with Gasteiger partial charge in [-0.25, -0.2) is 4.79 Å². The Morgan fingerprint density at radius 2 is 2.07 bits per heavy atom. The Kier molecular flexibility index (Phi) is 2.84. The average molecular weight is 333 g/mol. The van der Waals surface area contributed by atoms with Gasteiger partial charge in [0.25, 0.3) is 0 Å². The number of rotatable bonds is 1. The van der Waals surface area contributed by atoms with E-state index in [9.17, 15) is 4.79 Å². The number of benzene rings is 1. The van der Waals surface area contributed by atoms with Crippen molar-refractivity contribution in [2.45, 2.75) is 0 Å². The normalized spacial score (nSPS) is 10.6. The van der Waals surface area contributed by atoms with E-state index in [0.717, 1.165) is 19.8 Å². The molecule has 0 amide bonds. The van der Waals surface area contributed by atoms with Crippen LogP contribution in [0.3, 0.4) is 0 Å². The number of carbonyl (C=O) groups excluding carboxylic acids is 1. The Morgan fingerprint density at radius 1 is 1.33 bits per heavy atom. The van der Waals surface area contributed by atoms with Gasteiger partial charge in [-0.15, -0.1) is 0 Å². The average Bonchev–Trinajstić information content (AvgIpc) is 2.60. The van der Waals surface area contributed by atoms with Crippen LogP contribution in [0.2, 0.25) is 0 Å². The van der Waals surface area contributed by atoms with E-state index < -0.39 is 0 Å². The second-order valence-electron chi connectivity index (χ2n) is 3.03. The first-order valence-corrected chi connectivity index (χ1v) is 5.76. The van der Waals surface area contributed by atoms with Crippen molar-refractivity contribution in [3.05, 3.63) is 32.8 Å². The van der Waals surface area contributed by atoms with Crippen LogP contribution in [0.1, 0.15) is 10.5 Å². The third kappa shape index (κ3) is 1.94. The zero-order valence-corrected chi connectivity index (χ0v) is 11.0. The highest BCUT2D eigenvalue weighted by molar-refractivity contribution is 9.11. The highest BCUT2D eigenvalue weighted by Crippen LogP contribution is 2.28. The third-order valence-electron chi connectivity index (χ3n) is 2.05. The van der Waals surface area contributed by atoms with E-state index in [1.165, 1.54) is 7.11 Å². The van der Waals surface area contributed by atoms with Crippen molar-refractivity contribution in [3.63, 3.8) is 0 Å². The van der Waals surface area contributed by atoms with Crippen molar-refractivity contribution < 1.29 is 9.53 Å². The Balaban J connectivity index is 2.65. The van der Waals surface area contributed by atoms with Gasteiger partial charge in [-0.05, 0) is 34.1 Å². The lowest BCUT2D eigenvalue weighted by atomic mass is 10.2. The zero-order chi connectivity index (χ0) is 11.0. The molecule has 0 unspecified atom stereocenters. The zero-order valence-electron chi connectivity index (χ0n) is 7.80. The van der Waals surface area contributed by atoms with Gasteiger partial charge in [0, 0.05) is 14.3 Å². The van der Waals surface area contributed by atoms with Crippen LogP contribution >= 0.6 is 31.9 Å². The van der Waals surface area contributed by atoms with Gasteiger partial charge in [0.1, 0.15) is 5.69 Å². The molecule has 5 heteroatoms. The predicted octanol–water partition coefficient (Wildman–Crippen LogP) is 3.48. The first kappa shape index (κ1) is 10.7. The third-order valence-corrected chi connectivity index (χ3v) is 3.13. The maximum absolute atomic E-state index is 11.3. The van der Waals surface area contributed by atoms with Crippen molar-refractivity contribution >= 4 is 48.7 Å². The van der Waals surface area contributed by atoms with Crippen LogP contribution in [0.4, 0.5) is 0 Å². The van der Waals surface area contributed by atoms with Gasteiger partial charge in [0.05, 0.1) is 12.6 Å². The summed E-state index contributed by atoms with van der Waals surface area (Å²) in [6.45, 7) is 0. The van der Waals surface area contributed by atoms with E-state index in [1.807, 2.05) is 12.1 Å². The Bertz CT molecular complexity index is 533. The molecule has 0 radical (unpaired) electrons. The quantitative estimate of drug-likeness (QED) is 0.812. The highest BCUT2D eigenvalue weighted by atomic mass is 79.9. The number of ether oxygens (including phenoxy) is 1. The molecule has 78 valence electrons. The molecule has 0 aliphatic carbocycles. The molecule has 1 aromatic heterocycles. The molecule has 1 N–H and O–H groups in total. The summed E-state index contributed by atoms with van der Waals surface area (Å²) in [5, 5.41) is 0.955. The number of nitrogens with one attached hydrogen (secondary N) is 1. The van der Waals surface area contributed by atoms with Crippen molar-refractivity contribution in [3.8, 4) is 0 Å². The number of H-pyrrole nitrogens is 1. The molecule has 0 saturated heterocycles. The van der Waals surface area contributed by atoms with Crippen LogP contribution in [-0.2, 0) is 4.74 Å². The summed E-state index contributed by atoms with van der Waals surface area (Å²) < 4.78 is 6.50. The van der Waals surface area contributed by atoms with E-state index >= 15 is 0 Å². The van der Waals surface area contributed by atoms with Crippen molar-refractivity contribution in [1.82, 2.24) is 4.98 Å². The molecule has 2 rings (SSSR count). The minimum atomic E-state index is -0.366. The number of hydrogen-bond acceptors (Lipinski definition) is 2. The van der Waals surface area contributed by atoms with Crippen LogP contribution in [0, 0.1) is 0 Å². The maximum Gasteiger partial charge on any atom is 0.354 e. The molecule has 0 saturated carbocycles. The fourth-order valence-corrected chi connectivity index (χ4v) is 2.74. The monoisotopic (exact) mass is 331 g/mol. The first-order chi connectivity index (χ1) is 7.11. The summed E-state index contributed by atoms with van der Waals surface area (Å²) in [7, 11) is 1.36. The smallest absolute Gasteiger partial charge is 0.354 e. The number of methoxy groups -OCH3 is 1. The van der Waals surface area contributed by atoms with Crippen LogP contribution in [-0.4, -0.2) is 18.1 Å². The standard InChI is InChI=1S/C10H7Br2NO2/c1-15-10(14)8-3-5-2-6(11)4-7(12)9(5)13-8/h2-4,13H,1H3. The molecule has 15 heavy (non-hydrogen) atoms. The van der Waals surface area contributed by atoms with Gasteiger partial charge in [-0.3, -0.25) is 0 Å². The Labute approximate surface area is 103 Å². The topological polar surface area (TPSA) is 42.1 Å². The summed E-state index contributed by atoms with van der Waals surface area (Å²) in [5.41, 5.74) is 1.34. The second-order valence-corrected chi connectivity index (χ2v) is 4.80. The van der Waals surface area contributed by atoms with Crippen molar-refractivity contribution in [2.75, 3.05) is 7.11 Å². The van der Waals surface area contributed by atoms with Gasteiger partial charge in [0.2, 0.25) is 0 Å². The van der Waals surface area contributed by atoms with Gasteiger partial charge in [0.15, 0.2) is 0 Å². The molecule has 0 aliphatic heterocycles. The number of aromatic nitrogens is 1. The lowest BCUT2D eigenvalue weighted by molar-refractivity contribution is 0.0595. The molecule has 1 aromatic carbocycles. The summed E-state index contributed by atoms with van der Waals surface area (Å²) in [4.78, 5) is 14.3. The molecular formula is C10H7Br2NO2. The maximum atomic E-state index is 11.3. The molecular weight excluding hydrogens is 326 g/mol. The molecule has 0 aliphatic rings. The van der Waals surface area contributed by atoms with E-state index in [1.54, 1.807) is 6.07 Å². The molecule has 1 heterocycles. The lowest BCUT2D eigenvalue weighted by Gasteiger charge is -1.95. The van der Waals surface area contributed by atoms with Gasteiger partial charge < -0.3 is 9.72 Å². The minimum absolute atomic E-state index is 0.366. The van der Waals surface area contributed by atoms with Crippen LogP contribution in [0.25, 0.3) is 10.9 Å². The van der Waals surface area contributed by atoms with Crippen molar-refractivity contribution in [1.29, 1.82) is 0 Å².